The first kappa shape index (κ1) is 15.8. The van der Waals surface area contributed by atoms with Gasteiger partial charge in [-0.15, -0.1) is 0 Å². The van der Waals surface area contributed by atoms with E-state index in [4.69, 9.17) is 4.74 Å². The van der Waals surface area contributed by atoms with Gasteiger partial charge in [-0.1, -0.05) is 60.7 Å². The highest BCUT2D eigenvalue weighted by atomic mass is 16.5. The zero-order chi connectivity index (χ0) is 16.9. The third kappa shape index (κ3) is 3.15. The zero-order valence-corrected chi connectivity index (χ0v) is 13.3. The van der Waals surface area contributed by atoms with Crippen LogP contribution < -0.4 is 10.6 Å². The minimum atomic E-state index is -0.561. The molecule has 0 unspecified atom stereocenters. The molecule has 1 heterocycles. The molecule has 1 aliphatic heterocycles. The van der Waals surface area contributed by atoms with Crippen LogP contribution in [0, 0.1) is 0 Å². The first-order valence-corrected chi connectivity index (χ1v) is 7.80. The molecular weight excluding hydrogens is 304 g/mol. The summed E-state index contributed by atoms with van der Waals surface area (Å²) in [5.41, 5.74) is 2.46. The normalized spacial score (nSPS) is 17.0. The molecule has 2 aromatic carbocycles. The predicted molar refractivity (Wildman–Crippen MR) is 90.8 cm³/mol. The first-order valence-electron chi connectivity index (χ1n) is 7.80. The second-order valence-corrected chi connectivity index (χ2v) is 5.32. The second-order valence-electron chi connectivity index (χ2n) is 5.32. The monoisotopic (exact) mass is 322 g/mol. The zero-order valence-electron chi connectivity index (χ0n) is 13.3. The lowest BCUT2D eigenvalue weighted by Gasteiger charge is -2.29. The fraction of sp³-hybridized carbons (Fsp3) is 0.158. The van der Waals surface area contributed by atoms with Gasteiger partial charge in [0.1, 0.15) is 0 Å². The maximum atomic E-state index is 12.6. The lowest BCUT2D eigenvalue weighted by atomic mass is 9.93. The average molecular weight is 322 g/mol. The number of nitrogens with one attached hydrogen (secondary N) is 2. The van der Waals surface area contributed by atoms with Gasteiger partial charge in [0, 0.05) is 0 Å². The van der Waals surface area contributed by atoms with Crippen molar-refractivity contribution in [3.8, 4) is 0 Å². The Bertz CT molecular complexity index is 770. The van der Waals surface area contributed by atoms with Gasteiger partial charge in [0.15, 0.2) is 0 Å². The molecule has 0 radical (unpaired) electrons. The molecule has 2 N–H and O–H groups in total. The number of rotatable bonds is 4. The van der Waals surface area contributed by atoms with Gasteiger partial charge >= 0.3 is 12.0 Å². The molecule has 0 saturated carbocycles. The molecule has 2 aromatic rings. The summed E-state index contributed by atoms with van der Waals surface area (Å²) in [5.74, 6) is -0.447. The highest BCUT2D eigenvalue weighted by molar-refractivity contribution is 6.04. The van der Waals surface area contributed by atoms with Crippen molar-refractivity contribution < 1.29 is 14.3 Å². The van der Waals surface area contributed by atoms with Gasteiger partial charge in [-0.05, 0) is 18.1 Å². The molecule has 0 spiro atoms. The lowest BCUT2D eigenvalue weighted by Crippen LogP contribution is -2.45. The number of amides is 2. The van der Waals surface area contributed by atoms with Crippen LogP contribution >= 0.6 is 0 Å². The Labute approximate surface area is 140 Å². The standard InChI is InChI=1S/C19H18N2O3/c1-2-24-18(22)15-16(13-9-5-3-6-10-13)20-19(23)21-17(15)14-11-7-4-8-12-14/h3-12,16H,2H2,1H3,(H2,20,21,23)/t16-/m0/s1. The van der Waals surface area contributed by atoms with Crippen molar-refractivity contribution >= 4 is 17.7 Å². The summed E-state index contributed by atoms with van der Waals surface area (Å²) in [6.07, 6.45) is 0. The van der Waals surface area contributed by atoms with Gasteiger partial charge in [0.05, 0.1) is 23.9 Å². The lowest BCUT2D eigenvalue weighted by molar-refractivity contribution is -0.138. The van der Waals surface area contributed by atoms with E-state index in [1.54, 1.807) is 6.92 Å². The van der Waals surface area contributed by atoms with E-state index in [0.29, 0.717) is 11.3 Å². The molecular formula is C19H18N2O3. The van der Waals surface area contributed by atoms with Crippen LogP contribution in [0.1, 0.15) is 24.1 Å². The molecule has 0 saturated heterocycles. The van der Waals surface area contributed by atoms with Gasteiger partial charge < -0.3 is 15.4 Å². The molecule has 0 aliphatic carbocycles. The Kier molecular flexibility index (Phi) is 4.61. The van der Waals surface area contributed by atoms with Crippen molar-refractivity contribution in [2.45, 2.75) is 13.0 Å². The van der Waals surface area contributed by atoms with Gasteiger partial charge in [-0.2, -0.15) is 0 Å². The van der Waals surface area contributed by atoms with Crippen molar-refractivity contribution in [3.05, 3.63) is 77.4 Å². The Hall–Kier alpha value is -3.08. The predicted octanol–water partition coefficient (Wildman–Crippen LogP) is 3.01. The Morgan fingerprint density at radius 2 is 1.67 bits per heavy atom. The van der Waals surface area contributed by atoms with E-state index >= 15 is 0 Å². The Morgan fingerprint density at radius 3 is 2.29 bits per heavy atom. The van der Waals surface area contributed by atoms with E-state index in [0.717, 1.165) is 11.1 Å². The summed E-state index contributed by atoms with van der Waals surface area (Å²) in [6, 6.07) is 17.8. The SMILES string of the molecule is CCOC(=O)C1=C(c2ccccc2)NC(=O)N[C@H]1c1ccccc1. The van der Waals surface area contributed by atoms with Gasteiger partial charge in [0.2, 0.25) is 0 Å². The Balaban J connectivity index is 2.16. The average Bonchev–Trinajstić information content (AvgIpc) is 2.62. The summed E-state index contributed by atoms with van der Waals surface area (Å²) in [7, 11) is 0. The molecule has 24 heavy (non-hydrogen) atoms. The van der Waals surface area contributed by atoms with Crippen LogP contribution in [-0.2, 0) is 9.53 Å². The molecule has 5 heteroatoms. The topological polar surface area (TPSA) is 67.4 Å². The van der Waals surface area contributed by atoms with Crippen molar-refractivity contribution in [2.24, 2.45) is 0 Å². The van der Waals surface area contributed by atoms with E-state index < -0.39 is 12.0 Å². The highest BCUT2D eigenvalue weighted by Gasteiger charge is 2.34. The smallest absolute Gasteiger partial charge is 0.338 e. The van der Waals surface area contributed by atoms with E-state index in [1.165, 1.54) is 0 Å². The number of hydrogen-bond donors (Lipinski definition) is 2. The first-order chi connectivity index (χ1) is 11.7. The molecule has 0 fully saturated rings. The number of urea groups is 1. The van der Waals surface area contributed by atoms with Crippen molar-refractivity contribution in [2.75, 3.05) is 6.61 Å². The summed E-state index contributed by atoms with van der Waals surface area (Å²) >= 11 is 0. The fourth-order valence-electron chi connectivity index (χ4n) is 2.72. The van der Waals surface area contributed by atoms with Crippen LogP contribution in [-0.4, -0.2) is 18.6 Å². The maximum absolute atomic E-state index is 12.6. The Morgan fingerprint density at radius 1 is 1.04 bits per heavy atom. The summed E-state index contributed by atoms with van der Waals surface area (Å²) in [4.78, 5) is 24.7. The largest absolute Gasteiger partial charge is 0.463 e. The number of carbonyl (C=O) groups excluding carboxylic acids is 2. The number of esters is 1. The van der Waals surface area contributed by atoms with E-state index in [9.17, 15) is 9.59 Å². The minimum absolute atomic E-state index is 0.264. The maximum Gasteiger partial charge on any atom is 0.338 e. The number of carbonyl (C=O) groups is 2. The van der Waals surface area contributed by atoms with Gasteiger partial charge in [-0.25, -0.2) is 9.59 Å². The number of benzene rings is 2. The molecule has 3 rings (SSSR count). The van der Waals surface area contributed by atoms with Crippen LogP contribution in [0.15, 0.2) is 66.2 Å². The van der Waals surface area contributed by atoms with Crippen LogP contribution in [0.5, 0.6) is 0 Å². The molecule has 0 aromatic heterocycles. The summed E-state index contributed by atoms with van der Waals surface area (Å²) < 4.78 is 5.23. The van der Waals surface area contributed by atoms with Crippen LogP contribution in [0.2, 0.25) is 0 Å². The van der Waals surface area contributed by atoms with Crippen molar-refractivity contribution in [3.63, 3.8) is 0 Å². The molecule has 5 nitrogen and oxygen atoms in total. The third-order valence-corrected chi connectivity index (χ3v) is 3.76. The van der Waals surface area contributed by atoms with E-state index in [1.807, 2.05) is 60.7 Å². The molecule has 1 aliphatic rings. The fourth-order valence-corrected chi connectivity index (χ4v) is 2.72. The quantitative estimate of drug-likeness (QED) is 0.850. The number of hydrogen-bond acceptors (Lipinski definition) is 3. The van der Waals surface area contributed by atoms with Crippen molar-refractivity contribution in [1.29, 1.82) is 0 Å². The van der Waals surface area contributed by atoms with Gasteiger partial charge in [0.25, 0.3) is 0 Å². The summed E-state index contributed by atoms with van der Waals surface area (Å²) in [5, 5.41) is 5.56. The van der Waals surface area contributed by atoms with Crippen molar-refractivity contribution in [1.82, 2.24) is 10.6 Å². The van der Waals surface area contributed by atoms with E-state index in [2.05, 4.69) is 10.6 Å². The van der Waals surface area contributed by atoms with Crippen LogP contribution in [0.25, 0.3) is 5.70 Å². The van der Waals surface area contributed by atoms with Crippen LogP contribution in [0.4, 0.5) is 4.79 Å². The second kappa shape index (κ2) is 7.00. The minimum Gasteiger partial charge on any atom is -0.463 e. The molecule has 2 amide bonds. The van der Waals surface area contributed by atoms with Gasteiger partial charge in [-0.3, -0.25) is 0 Å². The molecule has 1 atom stereocenters. The number of ether oxygens (including phenoxy) is 1. The molecule has 122 valence electrons. The van der Waals surface area contributed by atoms with Crippen LogP contribution in [0.3, 0.4) is 0 Å². The summed E-state index contributed by atoms with van der Waals surface area (Å²) in [6.45, 7) is 2.02. The third-order valence-electron chi connectivity index (χ3n) is 3.76. The highest BCUT2D eigenvalue weighted by Crippen LogP contribution is 2.31. The molecule has 0 bridgehead atoms. The van der Waals surface area contributed by atoms with E-state index in [-0.39, 0.29) is 12.6 Å².